The van der Waals surface area contributed by atoms with Crippen molar-refractivity contribution in [2.24, 2.45) is 5.92 Å². The van der Waals surface area contributed by atoms with Gasteiger partial charge in [-0.15, -0.1) is 0 Å². The van der Waals surface area contributed by atoms with Gasteiger partial charge in [0, 0.05) is 37.0 Å². The van der Waals surface area contributed by atoms with Gasteiger partial charge in [0.25, 0.3) is 0 Å². The van der Waals surface area contributed by atoms with Crippen molar-refractivity contribution >= 4 is 29.1 Å². The molecule has 1 atom stereocenters. The largest absolute Gasteiger partial charge is 0.396 e. The van der Waals surface area contributed by atoms with Crippen molar-refractivity contribution in [1.29, 1.82) is 0 Å². The van der Waals surface area contributed by atoms with Gasteiger partial charge >= 0.3 is 11.8 Å². The van der Waals surface area contributed by atoms with Crippen molar-refractivity contribution in [3.63, 3.8) is 0 Å². The molecule has 0 spiro atoms. The first-order valence-electron chi connectivity index (χ1n) is 7.61. The Morgan fingerprint density at radius 1 is 1.27 bits per heavy atom. The van der Waals surface area contributed by atoms with Crippen molar-refractivity contribution in [2.45, 2.75) is 19.3 Å². The van der Waals surface area contributed by atoms with E-state index < -0.39 is 11.8 Å². The number of rotatable bonds is 1. The Morgan fingerprint density at radius 3 is 2.86 bits per heavy atom. The van der Waals surface area contributed by atoms with Gasteiger partial charge < -0.3 is 14.9 Å². The second kappa shape index (κ2) is 6.26. The molecule has 0 saturated carbocycles. The second-order valence-corrected chi connectivity index (χ2v) is 6.29. The molecule has 22 heavy (non-hydrogen) atoms. The molecule has 1 aromatic carbocycles. The zero-order valence-corrected chi connectivity index (χ0v) is 13.1. The third kappa shape index (κ3) is 2.71. The predicted molar refractivity (Wildman–Crippen MR) is 83.9 cm³/mol. The van der Waals surface area contributed by atoms with E-state index in [1.54, 1.807) is 17.0 Å². The molecule has 2 aliphatic heterocycles. The number of benzene rings is 1. The molecule has 1 N–H and O–H groups in total. The maximum Gasteiger partial charge on any atom is 0.316 e. The maximum absolute atomic E-state index is 12.5. The third-order valence-corrected chi connectivity index (χ3v) is 4.82. The lowest BCUT2D eigenvalue weighted by molar-refractivity contribution is -0.145. The predicted octanol–water partition coefficient (Wildman–Crippen LogP) is 1.46. The molecule has 118 valence electrons. The minimum atomic E-state index is -0.500. The molecule has 1 unspecified atom stereocenters. The number of likely N-dealkylation sites (tertiary alicyclic amines) is 1. The molecular weight excluding hydrogens is 304 g/mol. The topological polar surface area (TPSA) is 60.9 Å². The summed E-state index contributed by atoms with van der Waals surface area (Å²) in [6.07, 6.45) is 2.40. The summed E-state index contributed by atoms with van der Waals surface area (Å²) in [7, 11) is 0. The summed E-state index contributed by atoms with van der Waals surface area (Å²) in [6, 6.07) is 5.42. The molecule has 2 aliphatic rings. The molecule has 6 heteroatoms. The summed E-state index contributed by atoms with van der Waals surface area (Å²) >= 11 is 6.14. The Hall–Kier alpha value is -1.59. The summed E-state index contributed by atoms with van der Waals surface area (Å²) in [4.78, 5) is 28.1. The van der Waals surface area contributed by atoms with E-state index in [0.29, 0.717) is 31.1 Å². The van der Waals surface area contributed by atoms with E-state index in [2.05, 4.69) is 0 Å². The van der Waals surface area contributed by atoms with E-state index in [1.807, 2.05) is 6.07 Å². The summed E-state index contributed by atoms with van der Waals surface area (Å²) in [5, 5.41) is 9.89. The Bertz CT molecular complexity index is 605. The number of hydrogen-bond donors (Lipinski definition) is 1. The van der Waals surface area contributed by atoms with Gasteiger partial charge in [-0.1, -0.05) is 17.7 Å². The van der Waals surface area contributed by atoms with Crippen LogP contribution in [-0.4, -0.2) is 48.1 Å². The van der Waals surface area contributed by atoms with Crippen LogP contribution in [0.5, 0.6) is 0 Å². The Labute approximate surface area is 134 Å². The number of carbonyl (C=O) groups excluding carboxylic acids is 2. The molecule has 0 radical (unpaired) electrons. The van der Waals surface area contributed by atoms with Crippen LogP contribution in [0.1, 0.15) is 18.4 Å². The highest BCUT2D eigenvalue weighted by Crippen LogP contribution is 2.33. The third-order valence-electron chi connectivity index (χ3n) is 4.46. The van der Waals surface area contributed by atoms with Crippen LogP contribution >= 0.6 is 11.6 Å². The zero-order chi connectivity index (χ0) is 15.7. The lowest BCUT2D eigenvalue weighted by atomic mass is 9.99. The van der Waals surface area contributed by atoms with Crippen LogP contribution in [-0.2, 0) is 16.0 Å². The molecule has 0 aliphatic carbocycles. The minimum Gasteiger partial charge on any atom is -0.396 e. The van der Waals surface area contributed by atoms with Crippen molar-refractivity contribution in [1.82, 2.24) is 4.90 Å². The van der Waals surface area contributed by atoms with E-state index in [-0.39, 0.29) is 12.5 Å². The highest BCUT2D eigenvalue weighted by molar-refractivity contribution is 6.41. The summed E-state index contributed by atoms with van der Waals surface area (Å²) in [6.45, 7) is 1.58. The number of halogens is 1. The number of fused-ring (bicyclic) bond motifs is 1. The van der Waals surface area contributed by atoms with Crippen molar-refractivity contribution in [2.75, 3.05) is 31.1 Å². The van der Waals surface area contributed by atoms with Crippen molar-refractivity contribution in [3.8, 4) is 0 Å². The van der Waals surface area contributed by atoms with Gasteiger partial charge in [0.05, 0.1) is 0 Å². The number of anilines is 1. The Kier molecular flexibility index (Phi) is 4.36. The fourth-order valence-corrected chi connectivity index (χ4v) is 3.52. The van der Waals surface area contributed by atoms with Gasteiger partial charge in [-0.2, -0.15) is 0 Å². The number of piperidine rings is 1. The monoisotopic (exact) mass is 322 g/mol. The van der Waals surface area contributed by atoms with Crippen LogP contribution in [0.3, 0.4) is 0 Å². The first-order valence-corrected chi connectivity index (χ1v) is 7.98. The van der Waals surface area contributed by atoms with Crippen LogP contribution in [0.4, 0.5) is 5.69 Å². The van der Waals surface area contributed by atoms with E-state index >= 15 is 0 Å². The smallest absolute Gasteiger partial charge is 0.316 e. The summed E-state index contributed by atoms with van der Waals surface area (Å²) in [5.41, 5.74) is 1.67. The van der Waals surface area contributed by atoms with Crippen LogP contribution in [0.25, 0.3) is 0 Å². The molecule has 1 saturated heterocycles. The number of nitrogens with zero attached hydrogens (tertiary/aromatic N) is 2. The fourth-order valence-electron chi connectivity index (χ4n) is 3.25. The zero-order valence-electron chi connectivity index (χ0n) is 12.3. The standard InChI is InChI=1S/C16H19ClN2O3/c17-13-4-1-5-14-12(13)6-8-19(14)16(22)15(21)18-7-2-3-11(9-18)10-20/h1,4-5,11,20H,2-3,6-10H2. The van der Waals surface area contributed by atoms with E-state index in [4.69, 9.17) is 11.6 Å². The quantitative estimate of drug-likeness (QED) is 0.796. The number of carbonyl (C=O) groups is 2. The van der Waals surface area contributed by atoms with Crippen molar-refractivity contribution in [3.05, 3.63) is 28.8 Å². The van der Waals surface area contributed by atoms with Gasteiger partial charge in [-0.05, 0) is 42.9 Å². The van der Waals surface area contributed by atoms with Crippen molar-refractivity contribution < 1.29 is 14.7 Å². The van der Waals surface area contributed by atoms with Crippen LogP contribution in [0.2, 0.25) is 5.02 Å². The Morgan fingerprint density at radius 2 is 2.09 bits per heavy atom. The average Bonchev–Trinajstić information content (AvgIpc) is 2.99. The SMILES string of the molecule is O=C(C(=O)N1CCc2c(Cl)cccc21)N1CCCC(CO)C1. The van der Waals surface area contributed by atoms with Gasteiger partial charge in [0.1, 0.15) is 0 Å². The molecule has 2 heterocycles. The molecule has 0 bridgehead atoms. The van der Waals surface area contributed by atoms with Gasteiger partial charge in [0.2, 0.25) is 0 Å². The minimum absolute atomic E-state index is 0.0557. The summed E-state index contributed by atoms with van der Waals surface area (Å²) < 4.78 is 0. The highest BCUT2D eigenvalue weighted by atomic mass is 35.5. The first kappa shape index (κ1) is 15.3. The van der Waals surface area contributed by atoms with Crippen LogP contribution < -0.4 is 4.90 Å². The molecule has 3 rings (SSSR count). The van der Waals surface area contributed by atoms with E-state index in [1.165, 1.54) is 4.90 Å². The second-order valence-electron chi connectivity index (χ2n) is 5.89. The lowest BCUT2D eigenvalue weighted by Crippen LogP contribution is -2.49. The first-order chi connectivity index (χ1) is 10.6. The average molecular weight is 323 g/mol. The molecule has 5 nitrogen and oxygen atoms in total. The summed E-state index contributed by atoms with van der Waals surface area (Å²) in [5.74, 6) is -0.906. The highest BCUT2D eigenvalue weighted by Gasteiger charge is 2.34. The fraction of sp³-hybridized carbons (Fsp3) is 0.500. The molecule has 0 aromatic heterocycles. The van der Waals surface area contributed by atoms with Crippen LogP contribution in [0, 0.1) is 5.92 Å². The van der Waals surface area contributed by atoms with Gasteiger partial charge in [-0.3, -0.25) is 9.59 Å². The lowest BCUT2D eigenvalue weighted by Gasteiger charge is -2.32. The van der Waals surface area contributed by atoms with Crippen LogP contribution in [0.15, 0.2) is 18.2 Å². The number of aliphatic hydroxyl groups is 1. The molecule has 2 amide bonds. The molecule has 1 aromatic rings. The maximum atomic E-state index is 12.5. The van der Waals surface area contributed by atoms with Gasteiger partial charge in [0.15, 0.2) is 0 Å². The van der Waals surface area contributed by atoms with E-state index in [0.717, 1.165) is 24.1 Å². The number of aliphatic hydroxyl groups excluding tert-OH is 1. The number of hydrogen-bond acceptors (Lipinski definition) is 3. The van der Waals surface area contributed by atoms with Gasteiger partial charge in [-0.25, -0.2) is 0 Å². The van der Waals surface area contributed by atoms with E-state index in [9.17, 15) is 14.7 Å². The number of amides is 2. The normalized spacial score (nSPS) is 20.9. The Balaban J connectivity index is 1.75. The molecular formula is C16H19ClN2O3. The molecule has 1 fully saturated rings.